The minimum Gasteiger partial charge on any atom is -0.460 e. The summed E-state index contributed by atoms with van der Waals surface area (Å²) in [5.41, 5.74) is -0.615. The van der Waals surface area contributed by atoms with Crippen molar-refractivity contribution < 1.29 is 23.5 Å². The van der Waals surface area contributed by atoms with Crippen LogP contribution in [-0.2, 0) is 18.7 Å². The van der Waals surface area contributed by atoms with Crippen LogP contribution in [-0.4, -0.2) is 56.4 Å². The van der Waals surface area contributed by atoms with Crippen molar-refractivity contribution in [3.63, 3.8) is 0 Å². The van der Waals surface area contributed by atoms with Crippen LogP contribution in [0.5, 0.6) is 0 Å². The lowest BCUT2D eigenvalue weighted by molar-refractivity contribution is -0.148. The van der Waals surface area contributed by atoms with Gasteiger partial charge in [0.05, 0.1) is 0 Å². The Labute approximate surface area is 171 Å². The molecule has 0 aromatic carbocycles. The van der Waals surface area contributed by atoms with E-state index < -0.39 is 26.8 Å². The number of hydrogen-bond donors (Lipinski definition) is 0. The fourth-order valence-electron chi connectivity index (χ4n) is 4.20. The molecule has 1 radical (unpaired) electrons. The quantitative estimate of drug-likeness (QED) is 0.355. The van der Waals surface area contributed by atoms with E-state index in [2.05, 4.69) is 20.4 Å². The molecule has 2 rings (SSSR count). The highest BCUT2D eigenvalue weighted by Gasteiger charge is 2.51. The van der Waals surface area contributed by atoms with Gasteiger partial charge in [-0.2, -0.15) is 0 Å². The Morgan fingerprint density at radius 1 is 1.18 bits per heavy atom. The molecule has 7 heteroatoms. The van der Waals surface area contributed by atoms with Crippen LogP contribution in [0.4, 0.5) is 4.79 Å². The first-order valence-electron chi connectivity index (χ1n) is 10.5. The maximum absolute atomic E-state index is 13.0. The van der Waals surface area contributed by atoms with E-state index >= 15 is 0 Å². The standard InChI is InChI=1S/C21H36NO5Si/c1-7-12-25-19(23)18-13-15-10-11-16(27-28(8-2)9-3)14-17(15)22(18)20(24)26-21(4,5)6/h7,15-18H,1,8-14H2,2-6H3/t15-,16+,17-,18-/m0/s1. The highest BCUT2D eigenvalue weighted by atomic mass is 28.3. The first kappa shape index (κ1) is 22.9. The van der Waals surface area contributed by atoms with Crippen molar-refractivity contribution in [1.82, 2.24) is 4.90 Å². The van der Waals surface area contributed by atoms with Gasteiger partial charge in [-0.1, -0.05) is 26.5 Å². The predicted octanol–water partition coefficient (Wildman–Crippen LogP) is 4.31. The summed E-state index contributed by atoms with van der Waals surface area (Å²) in [6, 6.07) is 1.54. The SMILES string of the molecule is C=CCOC(=O)[C@@H]1C[C@@H]2CC[C@@H](O[Si](CC)CC)C[C@@H]2N1C(=O)OC(C)(C)C. The molecule has 2 aliphatic rings. The molecule has 0 N–H and O–H groups in total. The van der Waals surface area contributed by atoms with Crippen LogP contribution < -0.4 is 0 Å². The number of hydrogen-bond acceptors (Lipinski definition) is 5. The zero-order valence-electron chi connectivity index (χ0n) is 18.0. The second-order valence-corrected chi connectivity index (χ2v) is 11.4. The molecule has 1 heterocycles. The van der Waals surface area contributed by atoms with Crippen molar-refractivity contribution in [1.29, 1.82) is 0 Å². The molecule has 1 aliphatic carbocycles. The Hall–Kier alpha value is -1.34. The summed E-state index contributed by atoms with van der Waals surface area (Å²) in [6.45, 7) is 13.6. The molecule has 0 unspecified atom stereocenters. The molecule has 1 saturated heterocycles. The number of nitrogens with zero attached hydrogens (tertiary/aromatic N) is 1. The van der Waals surface area contributed by atoms with Crippen molar-refractivity contribution in [2.24, 2.45) is 5.92 Å². The number of ether oxygens (including phenoxy) is 2. The Morgan fingerprint density at radius 3 is 2.43 bits per heavy atom. The Morgan fingerprint density at radius 2 is 1.86 bits per heavy atom. The zero-order valence-corrected chi connectivity index (χ0v) is 19.0. The van der Waals surface area contributed by atoms with E-state index in [9.17, 15) is 9.59 Å². The lowest BCUT2D eigenvalue weighted by Crippen LogP contribution is -2.50. The number of amides is 1. The lowest BCUT2D eigenvalue weighted by Gasteiger charge is -2.38. The minimum absolute atomic E-state index is 0.0353. The van der Waals surface area contributed by atoms with Gasteiger partial charge in [-0.05, 0) is 64.5 Å². The van der Waals surface area contributed by atoms with Gasteiger partial charge >= 0.3 is 12.1 Å². The second kappa shape index (κ2) is 9.92. The molecule has 1 aliphatic heterocycles. The van der Waals surface area contributed by atoms with Gasteiger partial charge in [0.2, 0.25) is 9.04 Å². The van der Waals surface area contributed by atoms with Gasteiger partial charge in [-0.25, -0.2) is 9.59 Å². The normalized spacial score (nSPS) is 27.4. The van der Waals surface area contributed by atoms with Crippen LogP contribution in [0.2, 0.25) is 12.1 Å². The van der Waals surface area contributed by atoms with E-state index in [-0.39, 0.29) is 30.6 Å². The molecule has 4 atom stereocenters. The van der Waals surface area contributed by atoms with E-state index in [0.29, 0.717) is 6.42 Å². The predicted molar refractivity (Wildman–Crippen MR) is 110 cm³/mol. The molecule has 1 amide bonds. The first-order chi connectivity index (χ1) is 13.2. The van der Waals surface area contributed by atoms with Gasteiger partial charge in [0.1, 0.15) is 18.2 Å². The molecule has 0 bridgehead atoms. The number of esters is 1. The number of carbonyl (C=O) groups excluding carboxylic acids is 2. The second-order valence-electron chi connectivity index (χ2n) is 8.68. The summed E-state index contributed by atoms with van der Waals surface area (Å²) in [5.74, 6) is -0.0860. The minimum atomic E-state index is -0.795. The summed E-state index contributed by atoms with van der Waals surface area (Å²) in [4.78, 5) is 27.3. The van der Waals surface area contributed by atoms with Crippen LogP contribution >= 0.6 is 0 Å². The molecule has 28 heavy (non-hydrogen) atoms. The fraction of sp³-hybridized carbons (Fsp3) is 0.810. The van der Waals surface area contributed by atoms with Gasteiger partial charge in [0.25, 0.3) is 0 Å². The fourth-order valence-corrected chi connectivity index (χ4v) is 5.72. The summed E-state index contributed by atoms with van der Waals surface area (Å²) in [7, 11) is -0.795. The first-order valence-corrected chi connectivity index (χ1v) is 12.3. The van der Waals surface area contributed by atoms with E-state index in [1.807, 2.05) is 20.8 Å². The highest BCUT2D eigenvalue weighted by molar-refractivity contribution is 6.51. The molecule has 6 nitrogen and oxygen atoms in total. The number of rotatable bonds is 7. The smallest absolute Gasteiger partial charge is 0.411 e. The van der Waals surface area contributed by atoms with E-state index in [1.54, 1.807) is 11.0 Å². The third-order valence-electron chi connectivity index (χ3n) is 5.47. The number of carbonyl (C=O) groups is 2. The van der Waals surface area contributed by atoms with Crippen molar-refractivity contribution in [2.75, 3.05) is 6.61 Å². The van der Waals surface area contributed by atoms with Crippen molar-refractivity contribution in [2.45, 2.75) is 96.2 Å². The molecule has 159 valence electrons. The van der Waals surface area contributed by atoms with Gasteiger partial charge in [-0.15, -0.1) is 0 Å². The Balaban J connectivity index is 2.18. The van der Waals surface area contributed by atoms with Crippen LogP contribution in [0.25, 0.3) is 0 Å². The summed E-state index contributed by atoms with van der Waals surface area (Å²) < 4.78 is 17.3. The third-order valence-corrected chi connectivity index (χ3v) is 7.71. The Bertz CT molecular complexity index is 557. The largest absolute Gasteiger partial charge is 0.460 e. The molecular formula is C21H36NO5Si. The van der Waals surface area contributed by atoms with Crippen molar-refractivity contribution in [3.05, 3.63) is 12.7 Å². The van der Waals surface area contributed by atoms with Crippen LogP contribution in [0.3, 0.4) is 0 Å². The van der Waals surface area contributed by atoms with E-state index in [1.165, 1.54) is 0 Å². The summed E-state index contributed by atoms with van der Waals surface area (Å²) >= 11 is 0. The average molecular weight is 411 g/mol. The topological polar surface area (TPSA) is 65.1 Å². The van der Waals surface area contributed by atoms with Gasteiger partial charge in [0.15, 0.2) is 0 Å². The van der Waals surface area contributed by atoms with Gasteiger partial charge in [0, 0.05) is 12.1 Å². The van der Waals surface area contributed by atoms with Crippen LogP contribution in [0, 0.1) is 5.92 Å². The third kappa shape index (κ3) is 5.83. The summed E-state index contributed by atoms with van der Waals surface area (Å²) in [6.07, 6.45) is 4.62. The molecule has 0 spiro atoms. The Kier molecular flexibility index (Phi) is 8.13. The molecule has 2 fully saturated rings. The van der Waals surface area contributed by atoms with Gasteiger partial charge in [-0.3, -0.25) is 4.90 Å². The lowest BCUT2D eigenvalue weighted by atomic mass is 9.83. The van der Waals surface area contributed by atoms with Gasteiger partial charge < -0.3 is 13.9 Å². The molecule has 0 aromatic heterocycles. The van der Waals surface area contributed by atoms with E-state index in [0.717, 1.165) is 31.4 Å². The zero-order chi connectivity index (χ0) is 20.9. The molecule has 1 saturated carbocycles. The van der Waals surface area contributed by atoms with Crippen molar-refractivity contribution >= 4 is 21.1 Å². The molecule has 0 aromatic rings. The number of fused-ring (bicyclic) bond motifs is 1. The average Bonchev–Trinajstić information content (AvgIpc) is 3.01. The summed E-state index contributed by atoms with van der Waals surface area (Å²) in [5, 5.41) is 0. The highest BCUT2D eigenvalue weighted by Crippen LogP contribution is 2.42. The molecular weight excluding hydrogens is 374 g/mol. The van der Waals surface area contributed by atoms with Crippen molar-refractivity contribution in [3.8, 4) is 0 Å². The maximum Gasteiger partial charge on any atom is 0.411 e. The number of likely N-dealkylation sites (tertiary alicyclic amines) is 1. The monoisotopic (exact) mass is 410 g/mol. The maximum atomic E-state index is 13.0. The van der Waals surface area contributed by atoms with E-state index in [4.69, 9.17) is 13.9 Å². The van der Waals surface area contributed by atoms with Crippen LogP contribution in [0.15, 0.2) is 12.7 Å². The van der Waals surface area contributed by atoms with Crippen LogP contribution in [0.1, 0.15) is 60.3 Å².